The quantitative estimate of drug-likeness (QED) is 0.857. The molecule has 0 aliphatic carbocycles. The Hall–Kier alpha value is -0.640. The SMILES string of the molecule is CCNC(Cc1c(F)cccc1Cl)C(C)(C)N1CCCC1. The van der Waals surface area contributed by atoms with Gasteiger partial charge in [0.2, 0.25) is 0 Å². The van der Waals surface area contributed by atoms with Crippen LogP contribution < -0.4 is 5.32 Å². The van der Waals surface area contributed by atoms with Crippen LogP contribution in [0.15, 0.2) is 18.2 Å². The minimum absolute atomic E-state index is 0.0158. The number of likely N-dealkylation sites (tertiary alicyclic amines) is 1. The van der Waals surface area contributed by atoms with Crippen LogP contribution in [0.2, 0.25) is 5.02 Å². The van der Waals surface area contributed by atoms with Gasteiger partial charge in [0.05, 0.1) is 0 Å². The van der Waals surface area contributed by atoms with Crippen molar-refractivity contribution in [1.82, 2.24) is 10.2 Å². The zero-order valence-electron chi connectivity index (χ0n) is 13.3. The van der Waals surface area contributed by atoms with Gasteiger partial charge in [0, 0.05) is 22.2 Å². The summed E-state index contributed by atoms with van der Waals surface area (Å²) in [7, 11) is 0. The summed E-state index contributed by atoms with van der Waals surface area (Å²) >= 11 is 6.20. The first kappa shape index (κ1) is 16.7. The Morgan fingerprint density at radius 1 is 1.33 bits per heavy atom. The average molecular weight is 313 g/mol. The van der Waals surface area contributed by atoms with Crippen molar-refractivity contribution in [3.8, 4) is 0 Å². The second-order valence-electron chi connectivity index (χ2n) is 6.36. The molecular weight excluding hydrogens is 287 g/mol. The van der Waals surface area contributed by atoms with Crippen LogP contribution in [0, 0.1) is 5.82 Å². The van der Waals surface area contributed by atoms with Gasteiger partial charge in [0.1, 0.15) is 5.82 Å². The lowest BCUT2D eigenvalue weighted by Gasteiger charge is -2.43. The van der Waals surface area contributed by atoms with E-state index in [-0.39, 0.29) is 17.4 Å². The van der Waals surface area contributed by atoms with E-state index in [0.717, 1.165) is 19.6 Å². The molecule has 1 atom stereocenters. The summed E-state index contributed by atoms with van der Waals surface area (Å²) < 4.78 is 14.1. The van der Waals surface area contributed by atoms with Crippen LogP contribution in [-0.4, -0.2) is 36.1 Å². The fraction of sp³-hybridized carbons (Fsp3) is 0.647. The minimum Gasteiger partial charge on any atom is -0.312 e. The molecule has 4 heteroatoms. The predicted octanol–water partition coefficient (Wildman–Crippen LogP) is 3.87. The molecule has 1 aliphatic rings. The fourth-order valence-electron chi connectivity index (χ4n) is 3.26. The van der Waals surface area contributed by atoms with E-state index < -0.39 is 0 Å². The van der Waals surface area contributed by atoms with Crippen LogP contribution >= 0.6 is 11.6 Å². The molecule has 1 N–H and O–H groups in total. The van der Waals surface area contributed by atoms with E-state index in [9.17, 15) is 4.39 Å². The minimum atomic E-state index is -0.206. The van der Waals surface area contributed by atoms with Crippen molar-refractivity contribution < 1.29 is 4.39 Å². The van der Waals surface area contributed by atoms with Crippen molar-refractivity contribution in [2.45, 2.75) is 51.6 Å². The first-order chi connectivity index (χ1) is 9.96. The lowest BCUT2D eigenvalue weighted by atomic mass is 9.87. The number of hydrogen-bond acceptors (Lipinski definition) is 2. The monoisotopic (exact) mass is 312 g/mol. The highest BCUT2D eigenvalue weighted by Gasteiger charge is 2.36. The summed E-state index contributed by atoms with van der Waals surface area (Å²) in [6, 6.07) is 5.10. The Balaban J connectivity index is 2.22. The first-order valence-corrected chi connectivity index (χ1v) is 8.26. The molecule has 1 fully saturated rings. The summed E-state index contributed by atoms with van der Waals surface area (Å²) in [5.41, 5.74) is 0.607. The number of likely N-dealkylation sites (N-methyl/N-ethyl adjacent to an activating group) is 1. The molecule has 1 unspecified atom stereocenters. The lowest BCUT2D eigenvalue weighted by molar-refractivity contribution is 0.107. The maximum Gasteiger partial charge on any atom is 0.127 e. The Morgan fingerprint density at radius 2 is 2.00 bits per heavy atom. The zero-order chi connectivity index (χ0) is 15.5. The van der Waals surface area contributed by atoms with Crippen molar-refractivity contribution in [3.05, 3.63) is 34.6 Å². The van der Waals surface area contributed by atoms with Crippen LogP contribution in [0.4, 0.5) is 4.39 Å². The highest BCUT2D eigenvalue weighted by Crippen LogP contribution is 2.29. The van der Waals surface area contributed by atoms with Gasteiger partial charge in [0.25, 0.3) is 0 Å². The first-order valence-electron chi connectivity index (χ1n) is 7.88. The van der Waals surface area contributed by atoms with Gasteiger partial charge in [-0.25, -0.2) is 4.39 Å². The Labute approximate surface area is 132 Å². The summed E-state index contributed by atoms with van der Waals surface area (Å²) in [5, 5.41) is 4.06. The zero-order valence-corrected chi connectivity index (χ0v) is 14.0. The van der Waals surface area contributed by atoms with Crippen LogP contribution in [0.3, 0.4) is 0 Å². The molecule has 118 valence electrons. The number of rotatable bonds is 6. The summed E-state index contributed by atoms with van der Waals surface area (Å²) in [6.45, 7) is 9.71. The smallest absolute Gasteiger partial charge is 0.127 e. The molecule has 1 aromatic carbocycles. The molecule has 0 bridgehead atoms. The third-order valence-corrected chi connectivity index (χ3v) is 5.05. The highest BCUT2D eigenvalue weighted by molar-refractivity contribution is 6.31. The van der Waals surface area contributed by atoms with E-state index >= 15 is 0 Å². The van der Waals surface area contributed by atoms with Crippen LogP contribution in [0.5, 0.6) is 0 Å². The van der Waals surface area contributed by atoms with E-state index in [1.54, 1.807) is 12.1 Å². The van der Waals surface area contributed by atoms with Crippen LogP contribution in [-0.2, 0) is 6.42 Å². The molecule has 0 aromatic heterocycles. The topological polar surface area (TPSA) is 15.3 Å². The predicted molar refractivity (Wildman–Crippen MR) is 87.5 cm³/mol. The fourth-order valence-corrected chi connectivity index (χ4v) is 3.50. The third kappa shape index (κ3) is 3.77. The van der Waals surface area contributed by atoms with Gasteiger partial charge >= 0.3 is 0 Å². The largest absolute Gasteiger partial charge is 0.312 e. The van der Waals surface area contributed by atoms with Crippen molar-refractivity contribution in [2.75, 3.05) is 19.6 Å². The van der Waals surface area contributed by atoms with Gasteiger partial charge < -0.3 is 5.32 Å². The molecule has 21 heavy (non-hydrogen) atoms. The Morgan fingerprint density at radius 3 is 2.57 bits per heavy atom. The molecule has 1 aliphatic heterocycles. The van der Waals surface area contributed by atoms with E-state index in [1.165, 1.54) is 18.9 Å². The Bertz CT molecular complexity index is 450. The maximum atomic E-state index is 14.1. The van der Waals surface area contributed by atoms with E-state index in [1.807, 2.05) is 0 Å². The Kier molecular flexibility index (Phi) is 5.64. The molecule has 1 aromatic rings. The molecule has 2 rings (SSSR count). The van der Waals surface area contributed by atoms with Crippen molar-refractivity contribution in [2.24, 2.45) is 0 Å². The van der Waals surface area contributed by atoms with Crippen molar-refractivity contribution >= 4 is 11.6 Å². The van der Waals surface area contributed by atoms with E-state index in [4.69, 9.17) is 11.6 Å². The highest BCUT2D eigenvalue weighted by atomic mass is 35.5. The molecular formula is C17H26ClFN2. The van der Waals surface area contributed by atoms with E-state index in [2.05, 4.69) is 31.0 Å². The number of nitrogens with one attached hydrogen (secondary N) is 1. The molecule has 2 nitrogen and oxygen atoms in total. The molecule has 1 heterocycles. The number of benzene rings is 1. The van der Waals surface area contributed by atoms with Gasteiger partial charge in [-0.2, -0.15) is 0 Å². The normalized spacial score (nSPS) is 18.1. The van der Waals surface area contributed by atoms with E-state index in [0.29, 0.717) is 17.0 Å². The molecule has 0 radical (unpaired) electrons. The lowest BCUT2D eigenvalue weighted by Crippen LogP contribution is -2.57. The average Bonchev–Trinajstić information content (AvgIpc) is 2.96. The summed E-state index contributed by atoms with van der Waals surface area (Å²) in [6.07, 6.45) is 3.12. The van der Waals surface area contributed by atoms with Crippen LogP contribution in [0.1, 0.15) is 39.2 Å². The second kappa shape index (κ2) is 7.08. The van der Waals surface area contributed by atoms with Gasteiger partial charge in [-0.05, 0) is 64.9 Å². The summed E-state index contributed by atoms with van der Waals surface area (Å²) in [5.74, 6) is -0.206. The maximum absolute atomic E-state index is 14.1. The molecule has 1 saturated heterocycles. The number of nitrogens with zero attached hydrogens (tertiary/aromatic N) is 1. The van der Waals surface area contributed by atoms with Gasteiger partial charge in [-0.1, -0.05) is 24.6 Å². The summed E-state index contributed by atoms with van der Waals surface area (Å²) in [4.78, 5) is 2.51. The van der Waals surface area contributed by atoms with Crippen molar-refractivity contribution in [1.29, 1.82) is 0 Å². The van der Waals surface area contributed by atoms with Gasteiger partial charge in [0.15, 0.2) is 0 Å². The van der Waals surface area contributed by atoms with Gasteiger partial charge in [-0.3, -0.25) is 4.90 Å². The van der Waals surface area contributed by atoms with Gasteiger partial charge in [-0.15, -0.1) is 0 Å². The third-order valence-electron chi connectivity index (χ3n) is 4.69. The second-order valence-corrected chi connectivity index (χ2v) is 6.77. The molecule has 0 spiro atoms. The van der Waals surface area contributed by atoms with Crippen molar-refractivity contribution in [3.63, 3.8) is 0 Å². The number of hydrogen-bond donors (Lipinski definition) is 1. The standard InChI is InChI=1S/C17H26ClFN2/c1-4-20-16(17(2,3)21-10-5-6-11-21)12-13-14(18)8-7-9-15(13)19/h7-9,16,20H,4-6,10-12H2,1-3H3. The number of halogens is 2. The van der Waals surface area contributed by atoms with Crippen LogP contribution in [0.25, 0.3) is 0 Å². The molecule has 0 amide bonds. The molecule has 0 saturated carbocycles.